The highest BCUT2D eigenvalue weighted by atomic mass is 35.5. The van der Waals surface area contributed by atoms with Gasteiger partial charge in [-0.05, 0) is 36.4 Å². The molecule has 0 heterocycles. The van der Waals surface area contributed by atoms with Crippen LogP contribution < -0.4 is 5.32 Å². The molecule has 0 aliphatic heterocycles. The summed E-state index contributed by atoms with van der Waals surface area (Å²) < 4.78 is 38.0. The second-order valence-corrected chi connectivity index (χ2v) is 5.50. The normalized spacial score (nSPS) is 11.4. The Labute approximate surface area is 138 Å². The number of anilines is 1. The summed E-state index contributed by atoms with van der Waals surface area (Å²) in [5, 5.41) is 2.72. The van der Waals surface area contributed by atoms with Crippen molar-refractivity contribution in [1.82, 2.24) is 0 Å². The number of hydrogen-bond acceptors (Lipinski definition) is 1. The Morgan fingerprint density at radius 2 is 1.55 bits per heavy atom. The van der Waals surface area contributed by atoms with Gasteiger partial charge in [-0.15, -0.1) is 0 Å². The fourth-order valence-corrected chi connectivity index (χ4v) is 2.09. The average molecular weight is 369 g/mol. The van der Waals surface area contributed by atoms with Gasteiger partial charge in [-0.2, -0.15) is 13.2 Å². The first-order valence-electron chi connectivity index (χ1n) is 5.81. The van der Waals surface area contributed by atoms with E-state index >= 15 is 0 Å². The highest BCUT2D eigenvalue weighted by Crippen LogP contribution is 2.34. The minimum Gasteiger partial charge on any atom is -0.321 e. The lowest BCUT2D eigenvalue weighted by molar-refractivity contribution is -0.137. The lowest BCUT2D eigenvalue weighted by atomic mass is 10.1. The van der Waals surface area contributed by atoms with E-state index in [-0.39, 0.29) is 26.3 Å². The molecule has 0 aromatic heterocycles. The van der Waals surface area contributed by atoms with Gasteiger partial charge in [-0.1, -0.05) is 34.8 Å². The van der Waals surface area contributed by atoms with Crippen molar-refractivity contribution in [3.63, 3.8) is 0 Å². The third-order valence-corrected chi connectivity index (χ3v) is 3.79. The molecule has 1 N–H and O–H groups in total. The van der Waals surface area contributed by atoms with E-state index in [0.717, 1.165) is 18.2 Å². The molecule has 8 heteroatoms. The zero-order valence-corrected chi connectivity index (χ0v) is 12.9. The van der Waals surface area contributed by atoms with E-state index in [1.165, 1.54) is 18.2 Å². The summed E-state index contributed by atoms with van der Waals surface area (Å²) in [5.74, 6) is -0.653. The zero-order valence-electron chi connectivity index (χ0n) is 10.6. The number of nitrogens with one attached hydrogen (secondary N) is 1. The molecule has 116 valence electrons. The van der Waals surface area contributed by atoms with Crippen LogP contribution in [0, 0.1) is 0 Å². The van der Waals surface area contributed by atoms with Crippen molar-refractivity contribution in [3.05, 3.63) is 62.6 Å². The van der Waals surface area contributed by atoms with Gasteiger partial charge in [0.2, 0.25) is 0 Å². The molecule has 2 aromatic rings. The van der Waals surface area contributed by atoms with Crippen LogP contribution in [0.4, 0.5) is 18.9 Å². The van der Waals surface area contributed by atoms with E-state index in [1.807, 2.05) is 0 Å². The lowest BCUT2D eigenvalue weighted by Crippen LogP contribution is -2.13. The number of benzene rings is 2. The third kappa shape index (κ3) is 3.85. The summed E-state index contributed by atoms with van der Waals surface area (Å²) in [5.41, 5.74) is -0.920. The van der Waals surface area contributed by atoms with Gasteiger partial charge in [0.25, 0.3) is 5.91 Å². The molecule has 1 amide bonds. The van der Waals surface area contributed by atoms with E-state index < -0.39 is 17.6 Å². The standard InChI is InChI=1S/C14H7Cl3F3NO/c15-9-3-1-7(5-11(9)17)13(22)21-12-6-8(14(18,19)20)2-4-10(12)16/h1-6H,(H,21,22). The van der Waals surface area contributed by atoms with Crippen LogP contribution in [0.3, 0.4) is 0 Å². The molecule has 2 aromatic carbocycles. The minimum absolute atomic E-state index is 0.0126. The van der Waals surface area contributed by atoms with Crippen LogP contribution in [0.1, 0.15) is 15.9 Å². The van der Waals surface area contributed by atoms with Gasteiger partial charge in [0.05, 0.1) is 26.3 Å². The third-order valence-electron chi connectivity index (χ3n) is 2.72. The fraction of sp³-hybridized carbons (Fsp3) is 0.0714. The Kier molecular flexibility index (Phi) is 4.90. The van der Waals surface area contributed by atoms with Gasteiger partial charge >= 0.3 is 6.18 Å². The molecule has 22 heavy (non-hydrogen) atoms. The largest absolute Gasteiger partial charge is 0.416 e. The molecule has 2 rings (SSSR count). The van der Waals surface area contributed by atoms with Crippen molar-refractivity contribution in [1.29, 1.82) is 0 Å². The molecular weight excluding hydrogens is 362 g/mol. The Morgan fingerprint density at radius 3 is 2.14 bits per heavy atom. The number of halogens is 6. The molecule has 2 nitrogen and oxygen atoms in total. The number of alkyl halides is 3. The smallest absolute Gasteiger partial charge is 0.321 e. The lowest BCUT2D eigenvalue weighted by Gasteiger charge is -2.12. The van der Waals surface area contributed by atoms with E-state index in [4.69, 9.17) is 34.8 Å². The van der Waals surface area contributed by atoms with Crippen molar-refractivity contribution in [2.75, 3.05) is 5.32 Å². The highest BCUT2D eigenvalue weighted by molar-refractivity contribution is 6.42. The van der Waals surface area contributed by atoms with E-state index in [9.17, 15) is 18.0 Å². The predicted molar refractivity (Wildman–Crippen MR) is 80.9 cm³/mol. The molecule has 0 unspecified atom stereocenters. The van der Waals surface area contributed by atoms with Crippen LogP contribution in [-0.2, 0) is 6.18 Å². The number of carbonyl (C=O) groups excluding carboxylic acids is 1. The van der Waals surface area contributed by atoms with Crippen LogP contribution in [0.15, 0.2) is 36.4 Å². The SMILES string of the molecule is O=C(Nc1cc(C(F)(F)F)ccc1Cl)c1ccc(Cl)c(Cl)c1. The molecule has 0 atom stereocenters. The van der Waals surface area contributed by atoms with Gasteiger partial charge in [0, 0.05) is 5.56 Å². The monoisotopic (exact) mass is 367 g/mol. The second-order valence-electron chi connectivity index (χ2n) is 4.28. The maximum Gasteiger partial charge on any atom is 0.416 e. The Hall–Kier alpha value is -1.43. The van der Waals surface area contributed by atoms with Crippen molar-refractivity contribution in [2.24, 2.45) is 0 Å². The topological polar surface area (TPSA) is 29.1 Å². The second kappa shape index (κ2) is 6.36. The Morgan fingerprint density at radius 1 is 0.909 bits per heavy atom. The fourth-order valence-electron chi connectivity index (χ4n) is 1.63. The van der Waals surface area contributed by atoms with E-state index in [2.05, 4.69) is 5.32 Å². The van der Waals surface area contributed by atoms with Crippen molar-refractivity contribution >= 4 is 46.4 Å². The quantitative estimate of drug-likeness (QED) is 0.700. The molecule has 0 spiro atoms. The average Bonchev–Trinajstić information content (AvgIpc) is 2.43. The van der Waals surface area contributed by atoms with Crippen LogP contribution in [0.2, 0.25) is 15.1 Å². The molecule has 0 radical (unpaired) electrons. The summed E-state index contributed by atoms with van der Waals surface area (Å²) in [7, 11) is 0. The molecule has 0 aliphatic carbocycles. The zero-order chi connectivity index (χ0) is 16.5. The van der Waals surface area contributed by atoms with Crippen LogP contribution in [-0.4, -0.2) is 5.91 Å². The van der Waals surface area contributed by atoms with Gasteiger partial charge in [-0.3, -0.25) is 4.79 Å². The van der Waals surface area contributed by atoms with Gasteiger partial charge < -0.3 is 5.32 Å². The molecule has 0 saturated carbocycles. The minimum atomic E-state index is -4.53. The Bertz CT molecular complexity index is 732. The summed E-state index contributed by atoms with van der Waals surface area (Å²) in [6.45, 7) is 0. The number of rotatable bonds is 2. The van der Waals surface area contributed by atoms with Crippen LogP contribution >= 0.6 is 34.8 Å². The number of hydrogen-bond donors (Lipinski definition) is 1. The molecular formula is C14H7Cl3F3NO. The van der Waals surface area contributed by atoms with E-state index in [1.54, 1.807) is 0 Å². The summed E-state index contributed by atoms with van der Waals surface area (Å²) in [6, 6.07) is 6.77. The van der Waals surface area contributed by atoms with Crippen LogP contribution in [0.5, 0.6) is 0 Å². The summed E-state index contributed by atoms with van der Waals surface area (Å²) in [4.78, 5) is 12.0. The maximum atomic E-state index is 12.7. The first-order chi connectivity index (χ1) is 10.2. The Balaban J connectivity index is 2.29. The van der Waals surface area contributed by atoms with Crippen LogP contribution in [0.25, 0.3) is 0 Å². The predicted octanol–water partition coefficient (Wildman–Crippen LogP) is 5.92. The summed E-state index contributed by atoms with van der Waals surface area (Å²) >= 11 is 17.3. The number of amides is 1. The first kappa shape index (κ1) is 16.9. The van der Waals surface area contributed by atoms with Crippen molar-refractivity contribution in [3.8, 4) is 0 Å². The van der Waals surface area contributed by atoms with Gasteiger partial charge in [0.15, 0.2) is 0 Å². The number of carbonyl (C=O) groups is 1. The summed E-state index contributed by atoms with van der Waals surface area (Å²) in [6.07, 6.45) is -4.53. The van der Waals surface area contributed by atoms with E-state index in [0.29, 0.717) is 0 Å². The molecule has 0 fully saturated rings. The molecule has 0 aliphatic rings. The van der Waals surface area contributed by atoms with Crippen molar-refractivity contribution in [2.45, 2.75) is 6.18 Å². The van der Waals surface area contributed by atoms with Gasteiger partial charge in [0.1, 0.15) is 0 Å². The highest BCUT2D eigenvalue weighted by Gasteiger charge is 2.31. The van der Waals surface area contributed by atoms with Crippen molar-refractivity contribution < 1.29 is 18.0 Å². The molecule has 0 bridgehead atoms. The first-order valence-corrected chi connectivity index (χ1v) is 6.95. The van der Waals surface area contributed by atoms with Gasteiger partial charge in [-0.25, -0.2) is 0 Å². The molecule has 0 saturated heterocycles. The maximum absolute atomic E-state index is 12.7.